The highest BCUT2D eigenvalue weighted by Gasteiger charge is 2.17. The van der Waals surface area contributed by atoms with Gasteiger partial charge in [-0.25, -0.2) is 9.97 Å². The Kier molecular flexibility index (Phi) is 4.39. The van der Waals surface area contributed by atoms with Crippen molar-refractivity contribution in [1.29, 1.82) is 0 Å². The van der Waals surface area contributed by atoms with Gasteiger partial charge in [0.2, 0.25) is 11.1 Å². The zero-order valence-corrected chi connectivity index (χ0v) is 11.9. The monoisotopic (exact) mass is 297 g/mol. The fourth-order valence-corrected chi connectivity index (χ4v) is 2.15. The Balaban J connectivity index is 1.94. The molecule has 0 fully saturated rings. The lowest BCUT2D eigenvalue weighted by atomic mass is 10.4. The first-order valence-electron chi connectivity index (χ1n) is 5.52. The first kappa shape index (κ1) is 13.8. The molecule has 19 heavy (non-hydrogen) atoms. The van der Waals surface area contributed by atoms with Crippen LogP contribution >= 0.6 is 23.4 Å². The van der Waals surface area contributed by atoms with E-state index < -0.39 is 0 Å². The van der Waals surface area contributed by atoms with Crippen molar-refractivity contribution in [3.63, 3.8) is 0 Å². The number of hydrogen-bond acceptors (Lipinski definition) is 5. The summed E-state index contributed by atoms with van der Waals surface area (Å²) in [5, 5.41) is 10.1. The topological polar surface area (TPSA) is 83.6 Å². The second kappa shape index (κ2) is 6.03. The van der Waals surface area contributed by atoms with Crippen LogP contribution in [0.4, 0.5) is 5.82 Å². The summed E-state index contributed by atoms with van der Waals surface area (Å²) in [5.41, 5.74) is 0. The Labute approximate surface area is 119 Å². The fraction of sp³-hybridized carbons (Fsp3) is 0.273. The molecule has 0 spiro atoms. The quantitative estimate of drug-likeness (QED) is 0.846. The third-order valence-electron chi connectivity index (χ3n) is 2.21. The molecule has 2 aromatic rings. The van der Waals surface area contributed by atoms with Gasteiger partial charge in [0.25, 0.3) is 0 Å². The number of thioether (sulfide) groups is 1. The van der Waals surface area contributed by atoms with E-state index in [1.54, 1.807) is 26.0 Å². The molecule has 0 aromatic carbocycles. The van der Waals surface area contributed by atoms with Crippen LogP contribution in [0.5, 0.6) is 0 Å². The Morgan fingerprint density at radius 1 is 1.53 bits per heavy atom. The van der Waals surface area contributed by atoms with Crippen molar-refractivity contribution in [3.05, 3.63) is 29.2 Å². The number of nitrogens with one attached hydrogen (secondary N) is 2. The number of aryl methyl sites for hydroxylation is 1. The number of rotatable bonds is 4. The summed E-state index contributed by atoms with van der Waals surface area (Å²) < 4.78 is 0. The largest absolute Gasteiger partial charge is 0.310 e. The molecule has 1 amide bonds. The standard InChI is InChI=1S/C11H12ClN5OS/c1-6(19-11-14-7(2)16-17-11)10(18)15-9-4-3-8(12)5-13-9/h3-6H,1-2H3,(H,13,15,18)(H,14,16,17). The van der Waals surface area contributed by atoms with Gasteiger partial charge >= 0.3 is 0 Å². The Hall–Kier alpha value is -1.60. The molecular weight excluding hydrogens is 286 g/mol. The Bertz CT molecular complexity index is 571. The number of halogens is 1. The highest BCUT2D eigenvalue weighted by Crippen LogP contribution is 2.20. The van der Waals surface area contributed by atoms with Crippen LogP contribution in [0.1, 0.15) is 12.7 Å². The predicted octanol–water partition coefficient (Wildman–Crippen LogP) is 2.28. The maximum absolute atomic E-state index is 11.9. The van der Waals surface area contributed by atoms with Crippen molar-refractivity contribution in [2.24, 2.45) is 0 Å². The normalized spacial score (nSPS) is 12.2. The molecule has 0 bridgehead atoms. The van der Waals surface area contributed by atoms with Gasteiger partial charge in [0.1, 0.15) is 11.6 Å². The van der Waals surface area contributed by atoms with Crippen molar-refractivity contribution < 1.29 is 4.79 Å². The third kappa shape index (κ3) is 3.93. The van der Waals surface area contributed by atoms with Crippen LogP contribution in [0.25, 0.3) is 0 Å². The highest BCUT2D eigenvalue weighted by atomic mass is 35.5. The molecule has 1 unspecified atom stereocenters. The number of anilines is 1. The molecule has 2 aromatic heterocycles. The molecule has 0 saturated heterocycles. The fourth-order valence-electron chi connectivity index (χ4n) is 1.26. The van der Waals surface area contributed by atoms with E-state index in [2.05, 4.69) is 25.5 Å². The summed E-state index contributed by atoms with van der Waals surface area (Å²) in [6.45, 7) is 3.58. The molecule has 0 aliphatic carbocycles. The smallest absolute Gasteiger partial charge is 0.238 e. The van der Waals surface area contributed by atoms with Gasteiger partial charge in [-0.05, 0) is 26.0 Å². The number of carbonyl (C=O) groups is 1. The van der Waals surface area contributed by atoms with Crippen LogP contribution < -0.4 is 5.32 Å². The summed E-state index contributed by atoms with van der Waals surface area (Å²) in [7, 11) is 0. The highest BCUT2D eigenvalue weighted by molar-refractivity contribution is 8.00. The maximum atomic E-state index is 11.9. The van der Waals surface area contributed by atoms with Gasteiger partial charge in [-0.3, -0.25) is 9.89 Å². The van der Waals surface area contributed by atoms with Crippen LogP contribution in [0, 0.1) is 6.92 Å². The Morgan fingerprint density at radius 3 is 2.89 bits per heavy atom. The summed E-state index contributed by atoms with van der Waals surface area (Å²) >= 11 is 7.00. The van der Waals surface area contributed by atoms with Gasteiger partial charge < -0.3 is 5.32 Å². The van der Waals surface area contributed by atoms with Crippen LogP contribution in [0.3, 0.4) is 0 Å². The lowest BCUT2D eigenvalue weighted by molar-refractivity contribution is -0.115. The number of pyridine rings is 1. The molecule has 1 atom stereocenters. The SMILES string of the molecule is Cc1nc(SC(C)C(=O)Nc2ccc(Cl)cn2)n[nH]1. The molecule has 8 heteroatoms. The molecule has 0 radical (unpaired) electrons. The zero-order valence-electron chi connectivity index (χ0n) is 10.3. The number of carbonyl (C=O) groups excluding carboxylic acids is 1. The molecule has 6 nitrogen and oxygen atoms in total. The summed E-state index contributed by atoms with van der Waals surface area (Å²) in [5.74, 6) is 1.02. The van der Waals surface area contributed by atoms with Crippen LogP contribution in [0.2, 0.25) is 5.02 Å². The molecule has 0 aliphatic rings. The van der Waals surface area contributed by atoms with Crippen molar-refractivity contribution in [2.45, 2.75) is 24.3 Å². The molecular formula is C11H12ClN5OS. The van der Waals surface area contributed by atoms with E-state index >= 15 is 0 Å². The summed E-state index contributed by atoms with van der Waals surface area (Å²) in [4.78, 5) is 20.1. The first-order chi connectivity index (χ1) is 9.04. The second-order valence-electron chi connectivity index (χ2n) is 3.81. The Morgan fingerprint density at radius 2 is 2.32 bits per heavy atom. The van der Waals surface area contributed by atoms with Gasteiger partial charge in [0.15, 0.2) is 0 Å². The number of amides is 1. The number of nitrogens with zero attached hydrogens (tertiary/aromatic N) is 3. The van der Waals surface area contributed by atoms with E-state index in [-0.39, 0.29) is 11.2 Å². The van der Waals surface area contributed by atoms with Crippen molar-refractivity contribution in [1.82, 2.24) is 20.2 Å². The van der Waals surface area contributed by atoms with Crippen molar-refractivity contribution >= 4 is 35.1 Å². The number of aromatic nitrogens is 4. The van der Waals surface area contributed by atoms with Crippen molar-refractivity contribution in [2.75, 3.05) is 5.32 Å². The molecule has 2 heterocycles. The number of aromatic amines is 1. The van der Waals surface area contributed by atoms with Crippen LogP contribution in [0.15, 0.2) is 23.5 Å². The van der Waals surface area contributed by atoms with E-state index in [0.717, 1.165) is 5.82 Å². The minimum Gasteiger partial charge on any atom is -0.310 e. The minimum atomic E-state index is -0.326. The average molecular weight is 298 g/mol. The molecule has 100 valence electrons. The predicted molar refractivity (Wildman–Crippen MR) is 74.3 cm³/mol. The van der Waals surface area contributed by atoms with Gasteiger partial charge in [-0.15, -0.1) is 5.10 Å². The molecule has 0 aliphatic heterocycles. The van der Waals surface area contributed by atoms with E-state index in [4.69, 9.17) is 11.6 Å². The summed E-state index contributed by atoms with van der Waals surface area (Å²) in [6.07, 6.45) is 1.48. The number of H-pyrrole nitrogens is 1. The molecule has 2 N–H and O–H groups in total. The third-order valence-corrected chi connectivity index (χ3v) is 3.39. The van der Waals surface area contributed by atoms with Gasteiger partial charge in [0, 0.05) is 6.20 Å². The van der Waals surface area contributed by atoms with E-state index in [1.165, 1.54) is 18.0 Å². The lowest BCUT2D eigenvalue weighted by Gasteiger charge is -2.09. The average Bonchev–Trinajstić information content (AvgIpc) is 2.77. The second-order valence-corrected chi connectivity index (χ2v) is 5.56. The van der Waals surface area contributed by atoms with Gasteiger partial charge in [-0.1, -0.05) is 23.4 Å². The summed E-state index contributed by atoms with van der Waals surface area (Å²) in [6, 6.07) is 3.31. The maximum Gasteiger partial charge on any atom is 0.238 e. The van der Waals surface area contributed by atoms with Gasteiger partial charge in [-0.2, -0.15) is 0 Å². The lowest BCUT2D eigenvalue weighted by Crippen LogP contribution is -2.23. The molecule has 2 rings (SSSR count). The van der Waals surface area contributed by atoms with Crippen LogP contribution in [-0.2, 0) is 4.79 Å². The zero-order chi connectivity index (χ0) is 13.8. The minimum absolute atomic E-state index is 0.165. The van der Waals surface area contributed by atoms with Crippen LogP contribution in [-0.4, -0.2) is 31.3 Å². The van der Waals surface area contributed by atoms with E-state index in [1.807, 2.05) is 0 Å². The first-order valence-corrected chi connectivity index (χ1v) is 6.78. The van der Waals surface area contributed by atoms with E-state index in [0.29, 0.717) is 16.0 Å². The molecule has 0 saturated carbocycles. The van der Waals surface area contributed by atoms with E-state index in [9.17, 15) is 4.79 Å². The van der Waals surface area contributed by atoms with Crippen molar-refractivity contribution in [3.8, 4) is 0 Å². The van der Waals surface area contributed by atoms with Gasteiger partial charge in [0.05, 0.1) is 10.3 Å². The number of hydrogen-bond donors (Lipinski definition) is 2.